The number of nitrogens with one attached hydrogen (secondary N) is 4. The zero-order chi connectivity index (χ0) is 23.0. The van der Waals surface area contributed by atoms with E-state index < -0.39 is 23.9 Å². The highest BCUT2D eigenvalue weighted by molar-refractivity contribution is 7.17. The first kappa shape index (κ1) is 21.3. The number of carboxylic acid groups (broad SMARTS) is 2. The van der Waals surface area contributed by atoms with Gasteiger partial charge in [-0.25, -0.2) is 9.59 Å². The minimum atomic E-state index is -1.72. The number of carbonyl (C=O) groups excluding carboxylic acids is 2. The highest BCUT2D eigenvalue weighted by Gasteiger charge is 2.31. The standard InChI is InChI=1S/C20H18N4O7S/c25-9-1-2-11-8(5-9)6-12(23-11)16(26)22-7-13-15-10(3-4-21-13)14(19(28)29)18(32-15)24-17(27)20(30)31/h1-2,5-6,13,21,23,25H,3-4,7H2,(H,22,26)(H,24,27)(H,28,29)(H,30,31). The van der Waals surface area contributed by atoms with Gasteiger partial charge < -0.3 is 36.3 Å². The van der Waals surface area contributed by atoms with Crippen molar-refractivity contribution in [2.24, 2.45) is 0 Å². The third-order valence-electron chi connectivity index (χ3n) is 5.07. The second-order valence-electron chi connectivity index (χ2n) is 7.13. The number of aromatic nitrogens is 1. The highest BCUT2D eigenvalue weighted by Crippen LogP contribution is 2.39. The van der Waals surface area contributed by atoms with Crippen LogP contribution in [0.15, 0.2) is 24.3 Å². The molecule has 0 bridgehead atoms. The van der Waals surface area contributed by atoms with E-state index in [-0.39, 0.29) is 28.8 Å². The van der Waals surface area contributed by atoms with Crippen LogP contribution in [0.5, 0.6) is 5.75 Å². The van der Waals surface area contributed by atoms with Crippen molar-refractivity contribution in [2.45, 2.75) is 12.5 Å². The minimum absolute atomic E-state index is 0.0506. The molecule has 2 amide bonds. The van der Waals surface area contributed by atoms with Gasteiger partial charge in [0.25, 0.3) is 5.91 Å². The van der Waals surface area contributed by atoms with Crippen LogP contribution in [-0.4, -0.2) is 57.1 Å². The average molecular weight is 458 g/mol. The topological polar surface area (TPSA) is 181 Å². The summed E-state index contributed by atoms with van der Waals surface area (Å²) in [5, 5.41) is 36.7. The molecular formula is C20H18N4O7S. The quantitative estimate of drug-likeness (QED) is 0.279. The molecule has 3 aromatic rings. The molecule has 1 unspecified atom stereocenters. The molecule has 1 aromatic carbocycles. The molecule has 166 valence electrons. The number of aromatic amines is 1. The molecule has 1 aliphatic heterocycles. The number of H-pyrrole nitrogens is 1. The number of aromatic hydroxyl groups is 1. The van der Waals surface area contributed by atoms with Crippen LogP contribution in [0.4, 0.5) is 5.00 Å². The van der Waals surface area contributed by atoms with Gasteiger partial charge >= 0.3 is 17.8 Å². The van der Waals surface area contributed by atoms with Crippen LogP contribution >= 0.6 is 11.3 Å². The summed E-state index contributed by atoms with van der Waals surface area (Å²) >= 11 is 0.972. The number of carboxylic acids is 2. The Hall–Kier alpha value is -3.90. The lowest BCUT2D eigenvalue weighted by Crippen LogP contribution is -2.38. The van der Waals surface area contributed by atoms with Gasteiger partial charge in [0, 0.05) is 22.3 Å². The Morgan fingerprint density at radius 2 is 1.94 bits per heavy atom. The van der Waals surface area contributed by atoms with Crippen molar-refractivity contribution in [1.82, 2.24) is 15.6 Å². The number of rotatable bonds is 5. The van der Waals surface area contributed by atoms with E-state index in [2.05, 4.69) is 20.9 Å². The SMILES string of the molecule is O=C(O)C(=O)Nc1sc2c(c1C(=O)O)CCNC2CNC(=O)c1cc2cc(O)ccc2[nH]1. The molecule has 4 rings (SSSR count). The zero-order valence-corrected chi connectivity index (χ0v) is 17.2. The molecule has 0 spiro atoms. The number of phenolic OH excluding ortho intramolecular Hbond substituents is 1. The number of thiophene rings is 1. The molecule has 7 N–H and O–H groups in total. The Bertz CT molecular complexity index is 1260. The summed E-state index contributed by atoms with van der Waals surface area (Å²) < 4.78 is 0. The third kappa shape index (κ3) is 4.00. The molecule has 0 fully saturated rings. The molecule has 32 heavy (non-hydrogen) atoms. The number of amides is 2. The van der Waals surface area contributed by atoms with Gasteiger partial charge in [0.2, 0.25) is 0 Å². The summed E-state index contributed by atoms with van der Waals surface area (Å²) in [6, 6.07) is 5.88. The van der Waals surface area contributed by atoms with Crippen molar-refractivity contribution in [3.63, 3.8) is 0 Å². The van der Waals surface area contributed by atoms with Crippen LogP contribution in [0.1, 0.15) is 37.3 Å². The smallest absolute Gasteiger partial charge is 0.394 e. The maximum absolute atomic E-state index is 12.6. The summed E-state index contributed by atoms with van der Waals surface area (Å²) in [4.78, 5) is 50.4. The molecule has 1 atom stereocenters. The monoisotopic (exact) mass is 458 g/mol. The third-order valence-corrected chi connectivity index (χ3v) is 6.33. The van der Waals surface area contributed by atoms with E-state index in [0.29, 0.717) is 40.0 Å². The van der Waals surface area contributed by atoms with Crippen LogP contribution in [-0.2, 0) is 16.0 Å². The first-order chi connectivity index (χ1) is 15.2. The van der Waals surface area contributed by atoms with E-state index in [1.165, 1.54) is 12.1 Å². The van der Waals surface area contributed by atoms with Gasteiger partial charge in [0.05, 0.1) is 11.6 Å². The van der Waals surface area contributed by atoms with Crippen molar-refractivity contribution in [2.75, 3.05) is 18.4 Å². The lowest BCUT2D eigenvalue weighted by molar-refractivity contribution is -0.147. The van der Waals surface area contributed by atoms with Crippen LogP contribution < -0.4 is 16.0 Å². The molecule has 3 heterocycles. The Labute approximate surface area is 184 Å². The summed E-state index contributed by atoms with van der Waals surface area (Å²) in [6.45, 7) is 0.584. The first-order valence-electron chi connectivity index (χ1n) is 9.51. The van der Waals surface area contributed by atoms with Gasteiger partial charge in [-0.15, -0.1) is 11.3 Å². The van der Waals surface area contributed by atoms with Gasteiger partial charge in [-0.05, 0) is 42.8 Å². The largest absolute Gasteiger partial charge is 0.508 e. The Balaban J connectivity index is 1.54. The molecule has 11 nitrogen and oxygen atoms in total. The van der Waals surface area contributed by atoms with Gasteiger partial charge in [-0.1, -0.05) is 0 Å². The van der Waals surface area contributed by atoms with Gasteiger partial charge in [0.15, 0.2) is 0 Å². The maximum Gasteiger partial charge on any atom is 0.394 e. The van der Waals surface area contributed by atoms with Crippen molar-refractivity contribution >= 4 is 51.0 Å². The molecule has 0 saturated carbocycles. The summed E-state index contributed by atoms with van der Waals surface area (Å²) in [5.41, 5.74) is 1.36. The molecule has 2 aromatic heterocycles. The Morgan fingerprint density at radius 3 is 2.66 bits per heavy atom. The average Bonchev–Trinajstić information content (AvgIpc) is 3.32. The van der Waals surface area contributed by atoms with Gasteiger partial charge in [0.1, 0.15) is 16.4 Å². The van der Waals surface area contributed by atoms with E-state index in [1.807, 2.05) is 0 Å². The van der Waals surface area contributed by atoms with E-state index in [1.54, 1.807) is 12.1 Å². The lowest BCUT2D eigenvalue weighted by Gasteiger charge is -2.24. The molecule has 0 saturated heterocycles. The second kappa shape index (κ2) is 8.32. The maximum atomic E-state index is 12.6. The van der Waals surface area contributed by atoms with Crippen molar-refractivity contribution < 1.29 is 34.5 Å². The van der Waals surface area contributed by atoms with Crippen LogP contribution in [0, 0.1) is 0 Å². The fourth-order valence-electron chi connectivity index (χ4n) is 3.64. The molecule has 12 heteroatoms. The predicted octanol–water partition coefficient (Wildman–Crippen LogP) is 1.27. The molecular weight excluding hydrogens is 440 g/mol. The molecule has 0 aliphatic carbocycles. The first-order valence-corrected chi connectivity index (χ1v) is 10.3. The van der Waals surface area contributed by atoms with Crippen molar-refractivity contribution in [3.05, 3.63) is 46.0 Å². The Morgan fingerprint density at radius 1 is 1.16 bits per heavy atom. The number of aromatic carboxylic acids is 1. The van der Waals surface area contributed by atoms with E-state index in [9.17, 15) is 29.4 Å². The Kier molecular flexibility index (Phi) is 5.55. The van der Waals surface area contributed by atoms with Gasteiger partial charge in [-0.2, -0.15) is 0 Å². The van der Waals surface area contributed by atoms with Crippen LogP contribution in [0.2, 0.25) is 0 Å². The molecule has 1 aliphatic rings. The van der Waals surface area contributed by atoms with Crippen LogP contribution in [0.3, 0.4) is 0 Å². The lowest BCUT2D eigenvalue weighted by atomic mass is 9.99. The minimum Gasteiger partial charge on any atom is -0.508 e. The highest BCUT2D eigenvalue weighted by atomic mass is 32.1. The number of anilines is 1. The van der Waals surface area contributed by atoms with Crippen molar-refractivity contribution in [1.29, 1.82) is 0 Å². The fraction of sp³-hybridized carbons (Fsp3) is 0.200. The number of fused-ring (bicyclic) bond motifs is 2. The number of phenols is 1. The van der Waals surface area contributed by atoms with E-state index in [0.717, 1.165) is 11.3 Å². The zero-order valence-electron chi connectivity index (χ0n) is 16.4. The van der Waals surface area contributed by atoms with E-state index in [4.69, 9.17) is 5.11 Å². The van der Waals surface area contributed by atoms with Crippen LogP contribution in [0.25, 0.3) is 10.9 Å². The second-order valence-corrected chi connectivity index (χ2v) is 8.19. The fourth-order valence-corrected chi connectivity index (χ4v) is 4.96. The molecule has 0 radical (unpaired) electrons. The van der Waals surface area contributed by atoms with Crippen molar-refractivity contribution in [3.8, 4) is 5.75 Å². The summed E-state index contributed by atoms with van der Waals surface area (Å²) in [5.74, 6) is -4.62. The predicted molar refractivity (Wildman–Crippen MR) is 114 cm³/mol. The number of hydrogen-bond donors (Lipinski definition) is 7. The normalized spacial score (nSPS) is 15.2. The number of carbonyl (C=O) groups is 4. The summed E-state index contributed by atoms with van der Waals surface area (Å²) in [7, 11) is 0. The number of aliphatic carboxylic acids is 1. The van der Waals surface area contributed by atoms with Gasteiger partial charge in [-0.3, -0.25) is 9.59 Å². The van der Waals surface area contributed by atoms with E-state index >= 15 is 0 Å². The number of benzene rings is 1. The summed E-state index contributed by atoms with van der Waals surface area (Å²) in [6.07, 6.45) is 0.381. The number of hydrogen-bond acceptors (Lipinski definition) is 7.